The van der Waals surface area contributed by atoms with Gasteiger partial charge in [-0.3, -0.25) is 0 Å². The highest BCUT2D eigenvalue weighted by molar-refractivity contribution is 5.61. The van der Waals surface area contributed by atoms with Crippen molar-refractivity contribution in [2.75, 3.05) is 30.8 Å². The van der Waals surface area contributed by atoms with Crippen molar-refractivity contribution in [1.82, 2.24) is 0 Å². The molecule has 0 amide bonds. The number of rotatable bonds is 7. The zero-order chi connectivity index (χ0) is 15.2. The number of hydrogen-bond donors (Lipinski definition) is 2. The van der Waals surface area contributed by atoms with E-state index < -0.39 is 12.8 Å². The average molecular weight is 292 g/mol. The number of hydrogen-bond acceptors (Lipinski definition) is 4. The molecule has 1 aromatic carbocycles. The first-order chi connectivity index (χ1) is 9.28. The number of ether oxygens (including phenoxy) is 2. The van der Waals surface area contributed by atoms with Crippen LogP contribution in [-0.2, 0) is 4.74 Å². The molecule has 7 heteroatoms. The Kier molecular flexibility index (Phi) is 5.94. The average Bonchev–Trinajstić information content (AvgIpc) is 2.30. The molecule has 0 aliphatic rings. The van der Waals surface area contributed by atoms with E-state index in [0.717, 1.165) is 0 Å². The summed E-state index contributed by atoms with van der Waals surface area (Å²) >= 11 is 0. The van der Waals surface area contributed by atoms with Crippen molar-refractivity contribution >= 4 is 11.4 Å². The predicted octanol–water partition coefficient (Wildman–Crippen LogP) is 3.05. The van der Waals surface area contributed by atoms with E-state index in [1.165, 1.54) is 0 Å². The van der Waals surface area contributed by atoms with Crippen LogP contribution in [0.25, 0.3) is 0 Å². The molecule has 0 saturated heterocycles. The molecule has 0 bridgehead atoms. The van der Waals surface area contributed by atoms with Crippen molar-refractivity contribution in [2.45, 2.75) is 26.1 Å². The van der Waals surface area contributed by atoms with Gasteiger partial charge in [0, 0.05) is 18.3 Å². The summed E-state index contributed by atoms with van der Waals surface area (Å²) in [7, 11) is 0. The first-order valence-corrected chi connectivity index (χ1v) is 6.22. The van der Waals surface area contributed by atoms with Gasteiger partial charge in [0.2, 0.25) is 0 Å². The highest BCUT2D eigenvalue weighted by Gasteiger charge is 2.27. The number of alkyl halides is 3. The molecule has 0 radical (unpaired) electrons. The van der Waals surface area contributed by atoms with Crippen LogP contribution in [0.5, 0.6) is 5.75 Å². The zero-order valence-electron chi connectivity index (χ0n) is 11.5. The molecule has 114 valence electrons. The van der Waals surface area contributed by atoms with Crippen LogP contribution in [0.2, 0.25) is 0 Å². The maximum absolute atomic E-state index is 11.8. The van der Waals surface area contributed by atoms with Gasteiger partial charge in [-0.2, -0.15) is 13.2 Å². The van der Waals surface area contributed by atoms with Gasteiger partial charge in [-0.1, -0.05) is 0 Å². The third kappa shape index (κ3) is 6.51. The highest BCUT2D eigenvalue weighted by atomic mass is 19.4. The van der Waals surface area contributed by atoms with Crippen LogP contribution >= 0.6 is 0 Å². The van der Waals surface area contributed by atoms with E-state index in [1.54, 1.807) is 18.2 Å². The molecule has 0 aliphatic heterocycles. The minimum absolute atomic E-state index is 0.0114. The highest BCUT2D eigenvalue weighted by Crippen LogP contribution is 2.26. The minimum atomic E-state index is -4.29. The molecular formula is C13H19F3N2O2. The van der Waals surface area contributed by atoms with Gasteiger partial charge in [0.1, 0.15) is 12.4 Å². The largest absolute Gasteiger partial charge is 0.489 e. The van der Waals surface area contributed by atoms with Gasteiger partial charge >= 0.3 is 6.18 Å². The Morgan fingerprint density at radius 2 is 2.00 bits per heavy atom. The van der Waals surface area contributed by atoms with Gasteiger partial charge in [0.05, 0.1) is 18.4 Å². The lowest BCUT2D eigenvalue weighted by Crippen LogP contribution is -2.20. The van der Waals surface area contributed by atoms with E-state index in [1.807, 2.05) is 13.8 Å². The third-order valence-electron chi connectivity index (χ3n) is 2.22. The third-order valence-corrected chi connectivity index (χ3v) is 2.22. The van der Waals surface area contributed by atoms with Gasteiger partial charge in [0.15, 0.2) is 0 Å². The Balaban J connectivity index is 2.40. The Morgan fingerprint density at radius 1 is 1.30 bits per heavy atom. The summed E-state index contributed by atoms with van der Waals surface area (Å²) in [4.78, 5) is 0. The quantitative estimate of drug-likeness (QED) is 0.599. The van der Waals surface area contributed by atoms with Crippen molar-refractivity contribution in [1.29, 1.82) is 0 Å². The van der Waals surface area contributed by atoms with Crippen LogP contribution in [0, 0.1) is 0 Å². The van der Waals surface area contributed by atoms with Crippen molar-refractivity contribution < 1.29 is 22.6 Å². The summed E-state index contributed by atoms with van der Waals surface area (Å²) in [5.41, 5.74) is 6.98. The van der Waals surface area contributed by atoms with E-state index in [0.29, 0.717) is 17.1 Å². The molecule has 1 rings (SSSR count). The first-order valence-electron chi connectivity index (χ1n) is 6.22. The lowest BCUT2D eigenvalue weighted by molar-refractivity contribution is -0.172. The lowest BCUT2D eigenvalue weighted by atomic mass is 10.2. The molecule has 0 fully saturated rings. The maximum atomic E-state index is 11.8. The number of nitrogen functional groups attached to an aromatic ring is 1. The summed E-state index contributed by atoms with van der Waals surface area (Å²) in [5, 5.41) is 2.94. The molecule has 1 aromatic rings. The van der Waals surface area contributed by atoms with E-state index in [-0.39, 0.29) is 19.3 Å². The Labute approximate surface area is 116 Å². The summed E-state index contributed by atoms with van der Waals surface area (Å²) in [6, 6.07) is 5.11. The molecular weight excluding hydrogens is 273 g/mol. The van der Waals surface area contributed by atoms with Gasteiger partial charge < -0.3 is 20.5 Å². The fourth-order valence-corrected chi connectivity index (χ4v) is 1.46. The van der Waals surface area contributed by atoms with Crippen molar-refractivity contribution in [3.05, 3.63) is 18.2 Å². The van der Waals surface area contributed by atoms with Crippen LogP contribution in [0.15, 0.2) is 18.2 Å². The minimum Gasteiger partial charge on any atom is -0.489 e. The summed E-state index contributed by atoms with van der Waals surface area (Å²) in [5.74, 6) is 0.543. The Bertz CT molecular complexity index is 423. The monoisotopic (exact) mass is 292 g/mol. The molecule has 0 aromatic heterocycles. The van der Waals surface area contributed by atoms with Gasteiger partial charge in [-0.05, 0) is 26.0 Å². The topological polar surface area (TPSA) is 56.5 Å². The molecule has 0 saturated carbocycles. The predicted molar refractivity (Wildman–Crippen MR) is 72.0 cm³/mol. The summed E-state index contributed by atoms with van der Waals surface area (Å²) in [6.07, 6.45) is -4.30. The standard InChI is InChI=1S/C13H19F3N2O2/c1-9(2)20-12-7-10(3-4-11(12)17)18-5-6-19-8-13(14,15)16/h3-4,7,9,18H,5-6,8,17H2,1-2H3. The second-order valence-corrected chi connectivity index (χ2v) is 4.51. The van der Waals surface area contributed by atoms with Crippen LogP contribution in [0.4, 0.5) is 24.5 Å². The van der Waals surface area contributed by atoms with Crippen molar-refractivity contribution in [3.63, 3.8) is 0 Å². The SMILES string of the molecule is CC(C)Oc1cc(NCCOCC(F)(F)F)ccc1N. The zero-order valence-corrected chi connectivity index (χ0v) is 11.5. The molecule has 0 heterocycles. The maximum Gasteiger partial charge on any atom is 0.411 e. The van der Waals surface area contributed by atoms with Crippen LogP contribution < -0.4 is 15.8 Å². The van der Waals surface area contributed by atoms with Crippen LogP contribution in [0.3, 0.4) is 0 Å². The van der Waals surface area contributed by atoms with E-state index >= 15 is 0 Å². The molecule has 3 N–H and O–H groups in total. The Morgan fingerprint density at radius 3 is 2.60 bits per heavy atom. The van der Waals surface area contributed by atoms with Gasteiger partial charge in [-0.25, -0.2) is 0 Å². The second-order valence-electron chi connectivity index (χ2n) is 4.51. The van der Waals surface area contributed by atoms with Crippen LogP contribution in [-0.4, -0.2) is 32.0 Å². The van der Waals surface area contributed by atoms with Gasteiger partial charge in [-0.15, -0.1) is 0 Å². The smallest absolute Gasteiger partial charge is 0.411 e. The molecule has 0 spiro atoms. The Hall–Kier alpha value is -1.63. The summed E-state index contributed by atoms with van der Waals surface area (Å²) < 4.78 is 45.6. The molecule has 0 atom stereocenters. The number of anilines is 2. The molecule has 0 unspecified atom stereocenters. The lowest BCUT2D eigenvalue weighted by Gasteiger charge is -2.14. The molecule has 0 aliphatic carbocycles. The van der Waals surface area contributed by atoms with E-state index in [2.05, 4.69) is 10.1 Å². The first kappa shape index (κ1) is 16.4. The van der Waals surface area contributed by atoms with Gasteiger partial charge in [0.25, 0.3) is 0 Å². The van der Waals surface area contributed by atoms with Crippen molar-refractivity contribution in [2.24, 2.45) is 0 Å². The number of nitrogens with one attached hydrogen (secondary N) is 1. The number of benzene rings is 1. The van der Waals surface area contributed by atoms with Crippen molar-refractivity contribution in [3.8, 4) is 5.75 Å². The van der Waals surface area contributed by atoms with E-state index in [9.17, 15) is 13.2 Å². The molecule has 4 nitrogen and oxygen atoms in total. The number of halogens is 3. The van der Waals surface area contributed by atoms with Crippen LogP contribution in [0.1, 0.15) is 13.8 Å². The number of nitrogens with two attached hydrogens (primary N) is 1. The second kappa shape index (κ2) is 7.23. The summed E-state index contributed by atoms with van der Waals surface area (Å²) in [6.45, 7) is 2.75. The molecule has 20 heavy (non-hydrogen) atoms. The fraction of sp³-hybridized carbons (Fsp3) is 0.538. The fourth-order valence-electron chi connectivity index (χ4n) is 1.46. The van der Waals surface area contributed by atoms with E-state index in [4.69, 9.17) is 10.5 Å². The normalized spacial score (nSPS) is 11.7.